The van der Waals surface area contributed by atoms with E-state index >= 15 is 0 Å². The molecule has 1 rings (SSSR count). The van der Waals surface area contributed by atoms with E-state index in [1.54, 1.807) is 0 Å². The number of hydrogen-bond donors (Lipinski definition) is 1. The van der Waals surface area contributed by atoms with E-state index in [1.807, 2.05) is 0 Å². The van der Waals surface area contributed by atoms with Crippen LogP contribution in [0.2, 0.25) is 5.15 Å². The molecule has 11 heavy (non-hydrogen) atoms. The summed E-state index contributed by atoms with van der Waals surface area (Å²) in [5, 5.41) is -0.0554. The number of alkyl halides is 2. The lowest BCUT2D eigenvalue weighted by Crippen LogP contribution is -2.27. The number of halogens is 3. The van der Waals surface area contributed by atoms with Gasteiger partial charge < -0.3 is 0 Å². The molecule has 0 aliphatic rings. The lowest BCUT2D eigenvalue weighted by atomic mass is 10.5. The van der Waals surface area contributed by atoms with Gasteiger partial charge in [0.05, 0.1) is 0 Å². The van der Waals surface area contributed by atoms with Crippen LogP contribution in [0.25, 0.3) is 0 Å². The van der Waals surface area contributed by atoms with Gasteiger partial charge in [-0.2, -0.15) is 8.78 Å². The van der Waals surface area contributed by atoms with Gasteiger partial charge in [0.2, 0.25) is 5.82 Å². The molecular formula is C5H4ClF2N3. The Balaban J connectivity index is 3.06. The zero-order valence-corrected chi connectivity index (χ0v) is 6.02. The molecule has 0 atom stereocenters. The summed E-state index contributed by atoms with van der Waals surface area (Å²) in [6, 6.07) is -2.23. The van der Waals surface area contributed by atoms with Gasteiger partial charge in [-0.1, -0.05) is 11.6 Å². The minimum atomic E-state index is -3.52. The molecule has 0 spiro atoms. The first-order chi connectivity index (χ1) is 5.00. The molecule has 0 radical (unpaired) electrons. The van der Waals surface area contributed by atoms with E-state index < -0.39 is 11.9 Å². The average Bonchev–Trinajstić information content (AvgIpc) is 1.86. The molecule has 0 saturated carbocycles. The molecule has 1 aromatic rings. The fourth-order valence-electron chi connectivity index (χ4n) is 0.497. The minimum Gasteiger partial charge on any atom is -0.265 e. The van der Waals surface area contributed by atoms with Gasteiger partial charge >= 0.3 is 6.05 Å². The number of nitrogens with two attached hydrogens (primary N) is 1. The first-order valence-electron chi connectivity index (χ1n) is 2.66. The van der Waals surface area contributed by atoms with E-state index in [1.165, 1.54) is 6.07 Å². The van der Waals surface area contributed by atoms with Crippen molar-refractivity contribution in [2.24, 2.45) is 5.73 Å². The van der Waals surface area contributed by atoms with Crippen molar-refractivity contribution in [2.75, 3.05) is 0 Å². The van der Waals surface area contributed by atoms with Crippen molar-refractivity contribution >= 4 is 11.6 Å². The van der Waals surface area contributed by atoms with Crippen LogP contribution in [0.1, 0.15) is 5.82 Å². The summed E-state index contributed by atoms with van der Waals surface area (Å²) >= 11 is 5.31. The van der Waals surface area contributed by atoms with E-state index in [9.17, 15) is 8.78 Å². The van der Waals surface area contributed by atoms with Crippen LogP contribution in [0.5, 0.6) is 0 Å². The van der Waals surface area contributed by atoms with Crippen molar-refractivity contribution in [3.05, 3.63) is 23.2 Å². The molecule has 2 N–H and O–H groups in total. The SMILES string of the molecule is NC(F)(F)c1nccc(Cl)n1. The highest BCUT2D eigenvalue weighted by Gasteiger charge is 2.28. The van der Waals surface area contributed by atoms with Crippen molar-refractivity contribution in [1.82, 2.24) is 9.97 Å². The smallest absolute Gasteiger partial charge is 0.265 e. The minimum absolute atomic E-state index is 0.0554. The average molecular weight is 180 g/mol. The maximum atomic E-state index is 12.2. The molecule has 1 heterocycles. The second-order valence-corrected chi connectivity index (χ2v) is 2.21. The topological polar surface area (TPSA) is 51.8 Å². The van der Waals surface area contributed by atoms with Gasteiger partial charge in [0, 0.05) is 6.20 Å². The monoisotopic (exact) mass is 179 g/mol. The molecule has 0 saturated heterocycles. The van der Waals surface area contributed by atoms with Crippen LogP contribution < -0.4 is 5.73 Å². The van der Waals surface area contributed by atoms with Crippen molar-refractivity contribution in [3.63, 3.8) is 0 Å². The summed E-state index contributed by atoms with van der Waals surface area (Å²) in [5.41, 5.74) is 4.41. The Morgan fingerprint density at radius 1 is 1.55 bits per heavy atom. The Labute approximate surface area is 66.2 Å². The summed E-state index contributed by atoms with van der Waals surface area (Å²) in [4.78, 5) is 6.46. The lowest BCUT2D eigenvalue weighted by molar-refractivity contribution is -0.00658. The van der Waals surface area contributed by atoms with Crippen LogP contribution in [0, 0.1) is 0 Å². The van der Waals surface area contributed by atoms with Crippen LogP contribution in [-0.2, 0) is 6.05 Å². The van der Waals surface area contributed by atoms with E-state index in [-0.39, 0.29) is 5.15 Å². The summed E-state index contributed by atoms with van der Waals surface area (Å²) in [6.07, 6.45) is 1.12. The molecule has 0 aromatic carbocycles. The van der Waals surface area contributed by atoms with Crippen LogP contribution in [-0.4, -0.2) is 9.97 Å². The normalized spacial score (nSPS) is 11.6. The molecule has 0 aliphatic carbocycles. The Morgan fingerprint density at radius 2 is 2.18 bits per heavy atom. The van der Waals surface area contributed by atoms with Gasteiger partial charge in [0.15, 0.2) is 0 Å². The highest BCUT2D eigenvalue weighted by molar-refractivity contribution is 6.29. The van der Waals surface area contributed by atoms with E-state index in [0.717, 1.165) is 6.20 Å². The van der Waals surface area contributed by atoms with Crippen LogP contribution in [0.4, 0.5) is 8.78 Å². The molecule has 0 fully saturated rings. The first-order valence-corrected chi connectivity index (χ1v) is 3.03. The Kier molecular flexibility index (Phi) is 2.01. The molecule has 60 valence electrons. The van der Waals surface area contributed by atoms with Gasteiger partial charge in [-0.15, -0.1) is 0 Å². The van der Waals surface area contributed by atoms with Gasteiger partial charge in [0.1, 0.15) is 5.15 Å². The van der Waals surface area contributed by atoms with Crippen molar-refractivity contribution in [2.45, 2.75) is 6.05 Å². The lowest BCUT2D eigenvalue weighted by Gasteiger charge is -2.06. The standard InChI is InChI=1S/C5H4ClF2N3/c6-3-1-2-10-4(11-3)5(7,8)9/h1-2H,9H2. The molecule has 3 nitrogen and oxygen atoms in total. The number of hydrogen-bond acceptors (Lipinski definition) is 3. The second-order valence-electron chi connectivity index (χ2n) is 1.83. The summed E-state index contributed by atoms with van der Waals surface area (Å²) in [7, 11) is 0. The van der Waals surface area contributed by atoms with Crippen LogP contribution in [0.15, 0.2) is 12.3 Å². The molecule has 0 aliphatic heterocycles. The molecule has 0 unspecified atom stereocenters. The van der Waals surface area contributed by atoms with Gasteiger partial charge in [-0.25, -0.2) is 9.97 Å². The zero-order chi connectivity index (χ0) is 8.48. The molecule has 6 heteroatoms. The van der Waals surface area contributed by atoms with Crippen molar-refractivity contribution < 1.29 is 8.78 Å². The Morgan fingerprint density at radius 3 is 2.55 bits per heavy atom. The highest BCUT2D eigenvalue weighted by atomic mass is 35.5. The maximum absolute atomic E-state index is 12.2. The third kappa shape index (κ3) is 2.06. The van der Waals surface area contributed by atoms with Gasteiger partial charge in [0.25, 0.3) is 0 Å². The zero-order valence-electron chi connectivity index (χ0n) is 5.26. The van der Waals surface area contributed by atoms with Crippen LogP contribution >= 0.6 is 11.6 Å². The molecule has 1 aromatic heterocycles. The van der Waals surface area contributed by atoms with Crippen LogP contribution in [0.3, 0.4) is 0 Å². The van der Waals surface area contributed by atoms with E-state index in [4.69, 9.17) is 11.6 Å². The predicted molar refractivity (Wildman–Crippen MR) is 35.1 cm³/mol. The van der Waals surface area contributed by atoms with E-state index in [2.05, 4.69) is 15.7 Å². The fourth-order valence-corrected chi connectivity index (χ4v) is 0.634. The first kappa shape index (κ1) is 8.29. The maximum Gasteiger partial charge on any atom is 0.360 e. The molecule has 0 amide bonds. The van der Waals surface area contributed by atoms with Gasteiger partial charge in [-0.3, -0.25) is 5.73 Å². The summed E-state index contributed by atoms with van der Waals surface area (Å²) in [6.45, 7) is 0. The Hall–Kier alpha value is -0.810. The number of rotatable bonds is 1. The number of nitrogens with zero attached hydrogens (tertiary/aromatic N) is 2. The van der Waals surface area contributed by atoms with Crippen molar-refractivity contribution in [3.8, 4) is 0 Å². The molecule has 0 bridgehead atoms. The predicted octanol–water partition coefficient (Wildman–Crippen LogP) is 1.14. The quantitative estimate of drug-likeness (QED) is 0.520. The van der Waals surface area contributed by atoms with Gasteiger partial charge in [-0.05, 0) is 6.07 Å². The van der Waals surface area contributed by atoms with E-state index in [0.29, 0.717) is 0 Å². The largest absolute Gasteiger partial charge is 0.360 e. The van der Waals surface area contributed by atoms with Crippen molar-refractivity contribution in [1.29, 1.82) is 0 Å². The third-order valence-electron chi connectivity index (χ3n) is 0.920. The Bertz CT molecular complexity index is 260. The summed E-state index contributed by atoms with van der Waals surface area (Å²) < 4.78 is 24.5. The third-order valence-corrected chi connectivity index (χ3v) is 1.13. The molecular weight excluding hydrogens is 176 g/mol. The highest BCUT2D eigenvalue weighted by Crippen LogP contribution is 2.17. The second kappa shape index (κ2) is 2.67. The number of aromatic nitrogens is 2. The summed E-state index contributed by atoms with van der Waals surface area (Å²) in [5.74, 6) is -0.773. The fraction of sp³-hybridized carbons (Fsp3) is 0.200.